The highest BCUT2D eigenvalue weighted by molar-refractivity contribution is 5.91. The highest BCUT2D eigenvalue weighted by atomic mass is 16.4. The molecule has 0 bridgehead atoms. The number of hydrogen-bond acceptors (Lipinski definition) is 1. The van der Waals surface area contributed by atoms with E-state index < -0.39 is 5.97 Å². The Balaban J connectivity index is 2.52. The van der Waals surface area contributed by atoms with Crippen LogP contribution in [0.2, 0.25) is 0 Å². The molecule has 74 valence electrons. The number of aryl methyl sites for hydroxylation is 1. The van der Waals surface area contributed by atoms with Gasteiger partial charge >= 0.3 is 5.97 Å². The SMILES string of the molecule is CCc1cccc(C2CC2)c1C(=O)O. The summed E-state index contributed by atoms with van der Waals surface area (Å²) in [5, 5.41) is 9.15. The minimum absolute atomic E-state index is 0.507. The molecular formula is C12H14O2. The molecule has 0 spiro atoms. The van der Waals surface area contributed by atoms with Crippen molar-refractivity contribution >= 4 is 5.97 Å². The van der Waals surface area contributed by atoms with E-state index in [0.717, 1.165) is 30.4 Å². The molecule has 2 rings (SSSR count). The van der Waals surface area contributed by atoms with E-state index in [2.05, 4.69) is 0 Å². The second kappa shape index (κ2) is 3.45. The van der Waals surface area contributed by atoms with Gasteiger partial charge in [-0.3, -0.25) is 0 Å². The Morgan fingerprint density at radius 3 is 2.71 bits per heavy atom. The molecular weight excluding hydrogens is 176 g/mol. The Labute approximate surface area is 83.6 Å². The molecule has 0 aliphatic heterocycles. The zero-order valence-electron chi connectivity index (χ0n) is 8.29. The van der Waals surface area contributed by atoms with Gasteiger partial charge in [-0.25, -0.2) is 4.79 Å². The van der Waals surface area contributed by atoms with Gasteiger partial charge in [0.1, 0.15) is 0 Å². The smallest absolute Gasteiger partial charge is 0.336 e. The van der Waals surface area contributed by atoms with Gasteiger partial charge < -0.3 is 5.11 Å². The van der Waals surface area contributed by atoms with Crippen LogP contribution in [0.25, 0.3) is 0 Å². The predicted octanol–water partition coefficient (Wildman–Crippen LogP) is 2.82. The Hall–Kier alpha value is -1.31. The molecule has 0 saturated heterocycles. The van der Waals surface area contributed by atoms with Crippen LogP contribution in [0.1, 0.15) is 47.2 Å². The second-order valence-corrected chi connectivity index (χ2v) is 3.81. The molecule has 0 radical (unpaired) electrons. The highest BCUT2D eigenvalue weighted by Crippen LogP contribution is 2.42. The molecule has 1 saturated carbocycles. The van der Waals surface area contributed by atoms with Gasteiger partial charge in [0.2, 0.25) is 0 Å². The van der Waals surface area contributed by atoms with Gasteiger partial charge in [0.25, 0.3) is 0 Å². The number of aromatic carboxylic acids is 1. The van der Waals surface area contributed by atoms with Crippen LogP contribution in [0, 0.1) is 0 Å². The van der Waals surface area contributed by atoms with Crippen LogP contribution < -0.4 is 0 Å². The van der Waals surface area contributed by atoms with Crippen molar-refractivity contribution < 1.29 is 9.90 Å². The summed E-state index contributed by atoms with van der Waals surface area (Å²) in [6, 6.07) is 5.84. The van der Waals surface area contributed by atoms with Gasteiger partial charge in [-0.2, -0.15) is 0 Å². The van der Waals surface area contributed by atoms with Crippen LogP contribution in [0.3, 0.4) is 0 Å². The lowest BCUT2D eigenvalue weighted by Gasteiger charge is -2.08. The monoisotopic (exact) mass is 190 g/mol. The van der Waals surface area contributed by atoms with E-state index in [9.17, 15) is 4.79 Å². The third-order valence-electron chi connectivity index (χ3n) is 2.79. The Kier molecular flexibility index (Phi) is 2.28. The second-order valence-electron chi connectivity index (χ2n) is 3.81. The first kappa shape index (κ1) is 9.25. The predicted molar refractivity (Wildman–Crippen MR) is 54.8 cm³/mol. The van der Waals surface area contributed by atoms with Gasteiger partial charge in [-0.15, -0.1) is 0 Å². The van der Waals surface area contributed by atoms with E-state index in [1.54, 1.807) is 0 Å². The van der Waals surface area contributed by atoms with Crippen LogP contribution in [0.15, 0.2) is 18.2 Å². The lowest BCUT2D eigenvalue weighted by atomic mass is 9.96. The zero-order valence-corrected chi connectivity index (χ0v) is 8.29. The number of rotatable bonds is 3. The van der Waals surface area contributed by atoms with Gasteiger partial charge in [0, 0.05) is 0 Å². The summed E-state index contributed by atoms with van der Waals surface area (Å²) in [6.45, 7) is 2.00. The van der Waals surface area contributed by atoms with E-state index in [-0.39, 0.29) is 0 Å². The number of benzene rings is 1. The molecule has 1 fully saturated rings. The molecule has 0 aromatic heterocycles. The number of carboxylic acids is 1. The lowest BCUT2D eigenvalue weighted by Crippen LogP contribution is -2.06. The lowest BCUT2D eigenvalue weighted by molar-refractivity contribution is 0.0694. The van der Waals surface area contributed by atoms with Crippen LogP contribution in [-0.4, -0.2) is 11.1 Å². The maximum Gasteiger partial charge on any atom is 0.336 e. The van der Waals surface area contributed by atoms with Crippen LogP contribution >= 0.6 is 0 Å². The van der Waals surface area contributed by atoms with Crippen LogP contribution in [0.4, 0.5) is 0 Å². The molecule has 2 heteroatoms. The van der Waals surface area contributed by atoms with Gasteiger partial charge in [0.05, 0.1) is 5.56 Å². The van der Waals surface area contributed by atoms with E-state index in [1.807, 2.05) is 25.1 Å². The van der Waals surface area contributed by atoms with Crippen LogP contribution in [-0.2, 0) is 6.42 Å². The maximum absolute atomic E-state index is 11.1. The number of hydrogen-bond donors (Lipinski definition) is 1. The first-order chi connectivity index (χ1) is 6.74. The van der Waals surface area contributed by atoms with Gasteiger partial charge in [-0.1, -0.05) is 25.1 Å². The molecule has 0 amide bonds. The summed E-state index contributed by atoms with van der Waals surface area (Å²) >= 11 is 0. The molecule has 1 aliphatic carbocycles. The topological polar surface area (TPSA) is 37.3 Å². The molecule has 14 heavy (non-hydrogen) atoms. The standard InChI is InChI=1S/C12H14O2/c1-2-8-4-3-5-10(9-6-7-9)11(8)12(13)14/h3-5,9H,2,6-7H2,1H3,(H,13,14). The molecule has 0 heterocycles. The summed E-state index contributed by atoms with van der Waals surface area (Å²) in [4.78, 5) is 11.1. The van der Waals surface area contributed by atoms with E-state index in [0.29, 0.717) is 11.5 Å². The van der Waals surface area contributed by atoms with Crippen molar-refractivity contribution in [1.82, 2.24) is 0 Å². The summed E-state index contributed by atoms with van der Waals surface area (Å²) in [5.74, 6) is -0.267. The fourth-order valence-corrected chi connectivity index (χ4v) is 1.91. The quantitative estimate of drug-likeness (QED) is 0.795. The van der Waals surface area contributed by atoms with Crippen molar-refractivity contribution in [2.45, 2.75) is 32.1 Å². The van der Waals surface area contributed by atoms with Crippen molar-refractivity contribution in [3.05, 3.63) is 34.9 Å². The van der Waals surface area contributed by atoms with E-state index in [1.165, 1.54) is 0 Å². The molecule has 1 aliphatic rings. The Bertz CT molecular complexity index is 365. The van der Waals surface area contributed by atoms with Crippen molar-refractivity contribution in [3.8, 4) is 0 Å². The first-order valence-corrected chi connectivity index (χ1v) is 5.09. The Morgan fingerprint density at radius 1 is 1.50 bits per heavy atom. The number of carbonyl (C=O) groups is 1. The Morgan fingerprint density at radius 2 is 2.21 bits per heavy atom. The van der Waals surface area contributed by atoms with Gasteiger partial charge in [0.15, 0.2) is 0 Å². The normalized spacial score (nSPS) is 15.5. The van der Waals surface area contributed by atoms with Crippen molar-refractivity contribution in [2.24, 2.45) is 0 Å². The summed E-state index contributed by atoms with van der Waals surface area (Å²) in [5.41, 5.74) is 2.55. The first-order valence-electron chi connectivity index (χ1n) is 5.09. The molecule has 1 aromatic carbocycles. The minimum atomic E-state index is -0.774. The van der Waals surface area contributed by atoms with Crippen molar-refractivity contribution in [1.29, 1.82) is 0 Å². The average Bonchev–Trinajstić information content (AvgIpc) is 2.99. The average molecular weight is 190 g/mol. The highest BCUT2D eigenvalue weighted by Gasteiger charge is 2.28. The van der Waals surface area contributed by atoms with Gasteiger partial charge in [-0.05, 0) is 36.3 Å². The maximum atomic E-state index is 11.1. The van der Waals surface area contributed by atoms with E-state index in [4.69, 9.17) is 5.11 Å². The molecule has 1 N–H and O–H groups in total. The largest absolute Gasteiger partial charge is 0.478 e. The minimum Gasteiger partial charge on any atom is -0.478 e. The molecule has 0 unspecified atom stereocenters. The van der Waals surface area contributed by atoms with Crippen LogP contribution in [0.5, 0.6) is 0 Å². The third-order valence-corrected chi connectivity index (χ3v) is 2.79. The summed E-state index contributed by atoms with van der Waals surface area (Å²) in [7, 11) is 0. The zero-order chi connectivity index (χ0) is 10.1. The third kappa shape index (κ3) is 1.52. The summed E-state index contributed by atoms with van der Waals surface area (Å²) < 4.78 is 0. The number of carboxylic acid groups (broad SMARTS) is 1. The van der Waals surface area contributed by atoms with Crippen molar-refractivity contribution in [2.75, 3.05) is 0 Å². The van der Waals surface area contributed by atoms with E-state index >= 15 is 0 Å². The molecule has 0 atom stereocenters. The fraction of sp³-hybridized carbons (Fsp3) is 0.417. The fourth-order valence-electron chi connectivity index (χ4n) is 1.91. The summed E-state index contributed by atoms with van der Waals surface area (Å²) in [6.07, 6.45) is 3.09. The van der Waals surface area contributed by atoms with Crippen molar-refractivity contribution in [3.63, 3.8) is 0 Å². The molecule has 2 nitrogen and oxygen atoms in total. The molecule has 1 aromatic rings.